The first-order valence-corrected chi connectivity index (χ1v) is 13.8. The molecule has 3 rings (SSSR count). The Balaban J connectivity index is 1.93. The third kappa shape index (κ3) is 7.11. The molecule has 1 N–H and O–H groups in total. The van der Waals surface area contributed by atoms with E-state index >= 15 is 0 Å². The standard InChI is InChI=1S/C27H37BrClN3O4/c1-7-35-25(34)22-23(32(16(2)3)26(28)31-22)21(17-8-12-19(29)13-9-17)30-20-14-10-18(11-15-20)24(33)36-27(4,5)6/h8-9,12-13,16,18,20-21,30H,7,10-11,14-15H2,1-6H3/t18-,20-,21?. The summed E-state index contributed by atoms with van der Waals surface area (Å²) in [7, 11) is 0. The number of nitrogens with zero attached hydrogens (tertiary/aromatic N) is 2. The third-order valence-electron chi connectivity index (χ3n) is 6.24. The molecular weight excluding hydrogens is 546 g/mol. The number of benzene rings is 1. The van der Waals surface area contributed by atoms with E-state index in [1.165, 1.54) is 0 Å². The second-order valence-electron chi connectivity index (χ2n) is 10.5. The number of carbonyl (C=O) groups is 2. The van der Waals surface area contributed by atoms with Crippen molar-refractivity contribution >= 4 is 39.5 Å². The predicted molar refractivity (Wildman–Crippen MR) is 144 cm³/mol. The van der Waals surface area contributed by atoms with Crippen LogP contribution in [-0.4, -0.2) is 39.7 Å². The summed E-state index contributed by atoms with van der Waals surface area (Å²) in [5, 5.41) is 4.42. The zero-order valence-electron chi connectivity index (χ0n) is 21.9. The molecule has 1 unspecified atom stereocenters. The Morgan fingerprint density at radius 2 is 1.78 bits per heavy atom. The molecule has 2 aromatic rings. The average molecular weight is 583 g/mol. The molecule has 1 atom stereocenters. The molecule has 1 fully saturated rings. The van der Waals surface area contributed by atoms with E-state index in [2.05, 4.69) is 40.1 Å². The number of aromatic nitrogens is 2. The Hall–Kier alpha value is -1.90. The molecule has 1 aliphatic rings. The summed E-state index contributed by atoms with van der Waals surface area (Å²) in [4.78, 5) is 30.1. The SMILES string of the molecule is CCOC(=O)c1nc(Br)n(C(C)C)c1C(N[C@H]1CC[C@H](C(=O)OC(C)(C)C)CC1)c1ccc(Cl)cc1. The van der Waals surface area contributed by atoms with Gasteiger partial charge in [-0.05, 0) is 101 Å². The van der Waals surface area contributed by atoms with Gasteiger partial charge in [0.15, 0.2) is 10.4 Å². The lowest BCUT2D eigenvalue weighted by molar-refractivity contribution is -0.161. The van der Waals surface area contributed by atoms with E-state index < -0.39 is 11.6 Å². The van der Waals surface area contributed by atoms with Gasteiger partial charge in [-0.25, -0.2) is 9.78 Å². The van der Waals surface area contributed by atoms with E-state index in [1.54, 1.807) is 6.92 Å². The maximum atomic E-state index is 12.9. The maximum absolute atomic E-state index is 12.9. The molecule has 0 aliphatic heterocycles. The smallest absolute Gasteiger partial charge is 0.358 e. The van der Waals surface area contributed by atoms with Crippen LogP contribution in [0.1, 0.15) is 101 Å². The summed E-state index contributed by atoms with van der Waals surface area (Å²) in [5.41, 5.74) is 1.51. The molecule has 0 saturated heterocycles. The van der Waals surface area contributed by atoms with Crippen LogP contribution in [0, 0.1) is 5.92 Å². The van der Waals surface area contributed by atoms with Crippen LogP contribution in [0.15, 0.2) is 29.0 Å². The van der Waals surface area contributed by atoms with Crippen LogP contribution in [0.5, 0.6) is 0 Å². The first-order valence-electron chi connectivity index (χ1n) is 12.6. The van der Waals surface area contributed by atoms with E-state index in [-0.39, 0.29) is 42.3 Å². The van der Waals surface area contributed by atoms with Gasteiger partial charge in [0.1, 0.15) is 5.60 Å². The molecule has 0 bridgehead atoms. The van der Waals surface area contributed by atoms with Gasteiger partial charge in [-0.1, -0.05) is 23.7 Å². The van der Waals surface area contributed by atoms with Crippen molar-refractivity contribution in [3.8, 4) is 0 Å². The summed E-state index contributed by atoms with van der Waals surface area (Å²) in [5.74, 6) is -0.676. The Morgan fingerprint density at radius 1 is 1.17 bits per heavy atom. The van der Waals surface area contributed by atoms with E-state index in [4.69, 9.17) is 21.1 Å². The van der Waals surface area contributed by atoms with Crippen LogP contribution in [0.3, 0.4) is 0 Å². The highest BCUT2D eigenvalue weighted by atomic mass is 79.9. The predicted octanol–water partition coefficient (Wildman–Crippen LogP) is 6.64. The number of rotatable bonds is 8. The quantitative estimate of drug-likeness (QED) is 0.352. The summed E-state index contributed by atoms with van der Waals surface area (Å²) in [6, 6.07) is 7.49. The van der Waals surface area contributed by atoms with E-state index in [9.17, 15) is 9.59 Å². The number of hydrogen-bond donors (Lipinski definition) is 1. The van der Waals surface area contributed by atoms with Gasteiger partial charge in [-0.2, -0.15) is 0 Å². The molecule has 0 radical (unpaired) electrons. The molecule has 7 nitrogen and oxygen atoms in total. The van der Waals surface area contributed by atoms with Gasteiger partial charge in [-0.15, -0.1) is 0 Å². The van der Waals surface area contributed by atoms with E-state index in [0.717, 1.165) is 36.9 Å². The lowest BCUT2D eigenvalue weighted by atomic mass is 9.85. The van der Waals surface area contributed by atoms with Crippen molar-refractivity contribution in [1.82, 2.24) is 14.9 Å². The number of esters is 2. The Labute approximate surface area is 227 Å². The molecule has 36 heavy (non-hydrogen) atoms. The summed E-state index contributed by atoms with van der Waals surface area (Å²) >= 11 is 9.75. The van der Waals surface area contributed by atoms with E-state index in [1.807, 2.05) is 49.6 Å². The minimum absolute atomic E-state index is 0.0459. The fraction of sp³-hybridized carbons (Fsp3) is 0.593. The highest BCUT2D eigenvalue weighted by Crippen LogP contribution is 2.35. The Kier molecular flexibility index (Phi) is 9.63. The van der Waals surface area contributed by atoms with Crippen LogP contribution >= 0.6 is 27.5 Å². The van der Waals surface area contributed by atoms with Crippen molar-refractivity contribution < 1.29 is 19.1 Å². The van der Waals surface area contributed by atoms with Gasteiger partial charge in [-0.3, -0.25) is 4.79 Å². The van der Waals surface area contributed by atoms with Crippen molar-refractivity contribution in [2.45, 2.75) is 91.0 Å². The number of nitrogens with one attached hydrogen (secondary N) is 1. The van der Waals surface area contributed by atoms with E-state index in [0.29, 0.717) is 9.76 Å². The van der Waals surface area contributed by atoms with Crippen LogP contribution in [0.25, 0.3) is 0 Å². The van der Waals surface area contributed by atoms with Crippen molar-refractivity contribution in [2.75, 3.05) is 6.61 Å². The largest absolute Gasteiger partial charge is 0.461 e. The summed E-state index contributed by atoms with van der Waals surface area (Å²) < 4.78 is 13.6. The second kappa shape index (κ2) is 12.1. The number of ether oxygens (including phenoxy) is 2. The third-order valence-corrected chi connectivity index (χ3v) is 7.05. The normalized spacial score (nSPS) is 19.2. The minimum atomic E-state index is -0.488. The first kappa shape index (κ1) is 28.7. The molecule has 1 aromatic carbocycles. The number of halogens is 2. The van der Waals surface area contributed by atoms with Crippen molar-refractivity contribution in [3.63, 3.8) is 0 Å². The molecule has 1 saturated carbocycles. The summed E-state index contributed by atoms with van der Waals surface area (Å²) in [6.45, 7) is 11.8. The monoisotopic (exact) mass is 581 g/mol. The summed E-state index contributed by atoms with van der Waals surface area (Å²) in [6.07, 6.45) is 3.13. The van der Waals surface area contributed by atoms with Gasteiger partial charge in [0.25, 0.3) is 0 Å². The fourth-order valence-electron chi connectivity index (χ4n) is 4.64. The molecule has 0 amide bonds. The lowest BCUT2D eigenvalue weighted by Gasteiger charge is -2.33. The number of hydrogen-bond acceptors (Lipinski definition) is 6. The highest BCUT2D eigenvalue weighted by Gasteiger charge is 2.35. The average Bonchev–Trinajstić information content (AvgIpc) is 3.15. The zero-order chi connectivity index (χ0) is 26.6. The molecule has 0 spiro atoms. The highest BCUT2D eigenvalue weighted by molar-refractivity contribution is 9.10. The van der Waals surface area contributed by atoms with Gasteiger partial charge in [0.05, 0.1) is 24.3 Å². The Morgan fingerprint density at radius 3 is 2.31 bits per heavy atom. The van der Waals surface area contributed by atoms with Crippen LogP contribution in [0.4, 0.5) is 0 Å². The Bertz CT molecular complexity index is 1050. The lowest BCUT2D eigenvalue weighted by Crippen LogP contribution is -2.40. The van der Waals surface area contributed by atoms with Crippen LogP contribution in [-0.2, 0) is 14.3 Å². The fourth-order valence-corrected chi connectivity index (χ4v) is 5.54. The maximum Gasteiger partial charge on any atom is 0.358 e. The number of imidazole rings is 1. The minimum Gasteiger partial charge on any atom is -0.461 e. The van der Waals surface area contributed by atoms with Gasteiger partial charge in [0, 0.05) is 17.1 Å². The van der Waals surface area contributed by atoms with Crippen molar-refractivity contribution in [2.24, 2.45) is 5.92 Å². The topological polar surface area (TPSA) is 82.5 Å². The second-order valence-corrected chi connectivity index (χ2v) is 11.7. The zero-order valence-corrected chi connectivity index (χ0v) is 24.3. The molecule has 198 valence electrons. The number of carbonyl (C=O) groups excluding carboxylic acids is 2. The molecular formula is C27H37BrClN3O4. The molecule has 1 aliphatic carbocycles. The van der Waals surface area contributed by atoms with Gasteiger partial charge in [0.2, 0.25) is 0 Å². The van der Waals surface area contributed by atoms with Crippen molar-refractivity contribution in [3.05, 3.63) is 51.0 Å². The van der Waals surface area contributed by atoms with Crippen LogP contribution < -0.4 is 5.32 Å². The van der Waals surface area contributed by atoms with Gasteiger partial charge < -0.3 is 19.4 Å². The van der Waals surface area contributed by atoms with Gasteiger partial charge >= 0.3 is 11.9 Å². The molecule has 9 heteroatoms. The molecule has 1 heterocycles. The molecule has 1 aromatic heterocycles. The van der Waals surface area contributed by atoms with Crippen LogP contribution in [0.2, 0.25) is 5.02 Å². The van der Waals surface area contributed by atoms with Crippen molar-refractivity contribution in [1.29, 1.82) is 0 Å². The first-order chi connectivity index (χ1) is 16.9.